The summed E-state index contributed by atoms with van der Waals surface area (Å²) in [6, 6.07) is 4.10. The molecule has 2 N–H and O–H groups in total. The Labute approximate surface area is 188 Å². The highest BCUT2D eigenvalue weighted by molar-refractivity contribution is 5.96. The monoisotopic (exact) mass is 454 g/mol. The topological polar surface area (TPSA) is 123 Å². The summed E-state index contributed by atoms with van der Waals surface area (Å²) in [5.74, 6) is -3.29. The summed E-state index contributed by atoms with van der Waals surface area (Å²) in [7, 11) is 0. The minimum atomic E-state index is -1.39. The van der Waals surface area contributed by atoms with Crippen LogP contribution in [-0.2, 0) is 11.2 Å². The molecule has 3 aromatic rings. The Morgan fingerprint density at radius 3 is 2.85 bits per heavy atom. The largest absolute Gasteiger partial charge is 0.477 e. The Kier molecular flexibility index (Phi) is 6.57. The minimum Gasteiger partial charge on any atom is -0.477 e. The van der Waals surface area contributed by atoms with Crippen LogP contribution in [-0.4, -0.2) is 44.2 Å². The number of carboxylic acids is 1. The van der Waals surface area contributed by atoms with Gasteiger partial charge in [0.05, 0.1) is 17.8 Å². The molecule has 0 aliphatic heterocycles. The van der Waals surface area contributed by atoms with Crippen molar-refractivity contribution in [1.29, 1.82) is 0 Å². The van der Waals surface area contributed by atoms with E-state index in [-0.39, 0.29) is 31.4 Å². The Morgan fingerprint density at radius 2 is 2.15 bits per heavy atom. The van der Waals surface area contributed by atoms with Gasteiger partial charge in [-0.25, -0.2) is 23.5 Å². The van der Waals surface area contributed by atoms with Crippen LogP contribution in [0.4, 0.5) is 4.39 Å². The molecule has 0 bridgehead atoms. The van der Waals surface area contributed by atoms with Gasteiger partial charge in [-0.2, -0.15) is 5.10 Å². The lowest BCUT2D eigenvalue weighted by atomic mass is 9.98. The first kappa shape index (κ1) is 23.6. The van der Waals surface area contributed by atoms with Crippen molar-refractivity contribution >= 4 is 23.5 Å². The van der Waals surface area contributed by atoms with Crippen LogP contribution < -0.4 is 5.32 Å². The van der Waals surface area contributed by atoms with Gasteiger partial charge in [-0.3, -0.25) is 4.79 Å². The van der Waals surface area contributed by atoms with Crippen LogP contribution in [0.5, 0.6) is 0 Å². The van der Waals surface area contributed by atoms with Crippen molar-refractivity contribution in [3.8, 4) is 0 Å². The molecule has 33 heavy (non-hydrogen) atoms. The fraction of sp³-hybridized carbons (Fsp3) is 0.261. The van der Waals surface area contributed by atoms with E-state index in [0.717, 1.165) is 33.5 Å². The average Bonchev–Trinajstić information content (AvgIpc) is 3.35. The van der Waals surface area contributed by atoms with Gasteiger partial charge >= 0.3 is 11.9 Å². The van der Waals surface area contributed by atoms with Crippen molar-refractivity contribution in [2.45, 2.75) is 33.2 Å². The van der Waals surface area contributed by atoms with E-state index >= 15 is 0 Å². The van der Waals surface area contributed by atoms with E-state index in [1.165, 1.54) is 6.08 Å². The molecule has 4 rings (SSSR count). The van der Waals surface area contributed by atoms with Gasteiger partial charge < -0.3 is 15.2 Å². The average molecular weight is 454 g/mol. The maximum Gasteiger partial charge on any atom is 0.354 e. The molecule has 1 aliphatic carbocycles. The molecule has 1 amide bonds. The molecule has 0 radical (unpaired) electrons. The number of aromatic nitrogens is 3. The van der Waals surface area contributed by atoms with E-state index in [4.69, 9.17) is 4.74 Å². The highest BCUT2D eigenvalue weighted by Crippen LogP contribution is 2.35. The normalized spacial score (nSPS) is 14.3. The lowest BCUT2D eigenvalue weighted by Crippen LogP contribution is -2.29. The van der Waals surface area contributed by atoms with E-state index in [0.29, 0.717) is 18.4 Å². The Bertz CT molecular complexity index is 1280. The summed E-state index contributed by atoms with van der Waals surface area (Å²) < 4.78 is 20.0. The second kappa shape index (κ2) is 9.19. The maximum atomic E-state index is 13.9. The van der Waals surface area contributed by atoms with Crippen molar-refractivity contribution in [3.63, 3.8) is 0 Å². The van der Waals surface area contributed by atoms with Gasteiger partial charge in [-0.05, 0) is 42.5 Å². The molecular weight excluding hydrogens is 431 g/mol. The molecule has 1 aliphatic rings. The van der Waals surface area contributed by atoms with Gasteiger partial charge in [-0.1, -0.05) is 26.1 Å². The van der Waals surface area contributed by atoms with Gasteiger partial charge in [0.15, 0.2) is 17.2 Å². The Morgan fingerprint density at radius 1 is 1.39 bits per heavy atom. The number of rotatable bonds is 6. The molecule has 0 unspecified atom stereocenters. The molecule has 9 nitrogen and oxygen atoms in total. The molecule has 2 heterocycles. The first-order valence-corrected chi connectivity index (χ1v) is 9.80. The molecule has 0 saturated carbocycles. The van der Waals surface area contributed by atoms with Crippen LogP contribution in [0.3, 0.4) is 0 Å². The van der Waals surface area contributed by atoms with E-state index in [1.807, 2.05) is 6.92 Å². The van der Waals surface area contributed by atoms with Gasteiger partial charge in [0.1, 0.15) is 12.3 Å². The maximum absolute atomic E-state index is 13.9. The lowest BCUT2D eigenvalue weighted by Gasteiger charge is -2.16. The molecule has 2 aromatic heterocycles. The second-order valence-electron chi connectivity index (χ2n) is 7.32. The molecule has 10 heteroatoms. The number of carboxylic acid groups (broad SMARTS) is 1. The molecular formula is C23H23FN4O5. The molecule has 1 aromatic carbocycles. The zero-order valence-electron chi connectivity index (χ0n) is 17.1. The third-order valence-electron chi connectivity index (χ3n) is 5.43. The number of carbonyl (C=O) groups excluding carboxylic acids is 2. The molecule has 0 spiro atoms. The van der Waals surface area contributed by atoms with Crippen LogP contribution >= 0.6 is 0 Å². The Balaban J connectivity index is 0.00000306. The fourth-order valence-electron chi connectivity index (χ4n) is 3.90. The number of esters is 1. The summed E-state index contributed by atoms with van der Waals surface area (Å²) in [5, 5.41) is 15.9. The van der Waals surface area contributed by atoms with Crippen LogP contribution in [0.15, 0.2) is 37.1 Å². The third-order valence-corrected chi connectivity index (χ3v) is 5.43. The van der Waals surface area contributed by atoms with Crippen molar-refractivity contribution in [1.82, 2.24) is 19.9 Å². The highest BCUT2D eigenvalue weighted by Gasteiger charge is 2.29. The number of hydrogen-bond acceptors (Lipinski definition) is 6. The summed E-state index contributed by atoms with van der Waals surface area (Å²) in [5.41, 5.74) is 2.07. The number of fused-ring (bicyclic) bond motifs is 2. The third kappa shape index (κ3) is 4.19. The van der Waals surface area contributed by atoms with Crippen molar-refractivity contribution in [2.24, 2.45) is 0 Å². The molecule has 1 atom stereocenters. The first-order chi connectivity index (χ1) is 15.3. The predicted molar refractivity (Wildman–Crippen MR) is 117 cm³/mol. The number of ether oxygens (including phenoxy) is 1. The van der Waals surface area contributed by atoms with E-state index in [9.17, 15) is 23.9 Å². The van der Waals surface area contributed by atoms with Crippen LogP contribution in [0.1, 0.15) is 67.9 Å². The zero-order chi connectivity index (χ0) is 23.0. The quantitative estimate of drug-likeness (QED) is 0.433. The second-order valence-corrected chi connectivity index (χ2v) is 7.32. The number of nitrogens with zero attached hydrogens (tertiary/aromatic N) is 3. The lowest BCUT2D eigenvalue weighted by molar-refractivity contribution is 0.0548. The summed E-state index contributed by atoms with van der Waals surface area (Å²) in [4.78, 5) is 40.3. The van der Waals surface area contributed by atoms with Gasteiger partial charge in [0.2, 0.25) is 0 Å². The molecule has 172 valence electrons. The number of nitrogens with one attached hydrogen (secondary N) is 1. The van der Waals surface area contributed by atoms with Crippen molar-refractivity contribution < 1.29 is 28.6 Å². The van der Waals surface area contributed by atoms with Crippen LogP contribution in [0.2, 0.25) is 0 Å². The fourth-order valence-corrected chi connectivity index (χ4v) is 3.90. The van der Waals surface area contributed by atoms with Crippen molar-refractivity contribution in [2.75, 3.05) is 6.61 Å². The van der Waals surface area contributed by atoms with E-state index in [1.54, 1.807) is 12.1 Å². The number of amides is 1. The van der Waals surface area contributed by atoms with Crippen molar-refractivity contribution in [3.05, 3.63) is 76.5 Å². The van der Waals surface area contributed by atoms with Gasteiger partial charge in [-0.15, -0.1) is 0 Å². The smallest absolute Gasteiger partial charge is 0.354 e. The highest BCUT2D eigenvalue weighted by atomic mass is 19.1. The number of halogens is 1. The van der Waals surface area contributed by atoms with Gasteiger partial charge in [0, 0.05) is 6.07 Å². The zero-order valence-corrected chi connectivity index (χ0v) is 17.1. The molecule has 0 fully saturated rings. The van der Waals surface area contributed by atoms with Gasteiger partial charge in [0.25, 0.3) is 5.91 Å². The number of aromatic carboxylic acids is 1. The minimum absolute atomic E-state index is 0. The predicted octanol–water partition coefficient (Wildman–Crippen LogP) is 3.27. The standard InChI is InChI=1S/C22H19FN4O5.CH4/c1-3-8-32-22(31)13-4-5-14-12(11(13)2)6-7-16(14)26-20(28)18-9-17(21(29)30)25-19-15(23)10-24-27(18)19;/h3-5,9-10,16H,1,6-8H2,2H3,(H,26,28)(H,29,30);1H4/t16-;/m0./s1. The van der Waals surface area contributed by atoms with Crippen LogP contribution in [0.25, 0.3) is 5.65 Å². The Hall–Kier alpha value is -4.08. The first-order valence-electron chi connectivity index (χ1n) is 9.80. The summed E-state index contributed by atoms with van der Waals surface area (Å²) in [6.45, 7) is 5.46. The number of carbonyl (C=O) groups is 3. The van der Waals surface area contributed by atoms with E-state index in [2.05, 4.69) is 22.0 Å². The number of hydrogen-bond donors (Lipinski definition) is 2. The SMILES string of the molecule is C.C=CCOC(=O)c1ccc2c(c1C)CC[C@@H]2NC(=O)c1cc(C(=O)O)nc2c(F)cnn12. The number of benzene rings is 1. The molecule has 0 saturated heterocycles. The summed E-state index contributed by atoms with van der Waals surface area (Å²) >= 11 is 0. The van der Waals surface area contributed by atoms with E-state index < -0.39 is 29.4 Å². The summed E-state index contributed by atoms with van der Waals surface area (Å²) in [6.07, 6.45) is 3.58. The van der Waals surface area contributed by atoms with Crippen LogP contribution in [0, 0.1) is 12.7 Å².